The van der Waals surface area contributed by atoms with E-state index in [4.69, 9.17) is 9.47 Å². The highest BCUT2D eigenvalue weighted by atomic mass is 16.6. The topological polar surface area (TPSA) is 62.4 Å². The zero-order valence-electron chi connectivity index (χ0n) is 41.1. The summed E-state index contributed by atoms with van der Waals surface area (Å²) in [5.74, 6) is -0.140. The van der Waals surface area contributed by atoms with E-state index in [9.17, 15) is 9.59 Å². The predicted molar refractivity (Wildman–Crippen MR) is 287 cm³/mol. The summed E-state index contributed by atoms with van der Waals surface area (Å²) in [6.45, 7) is 15.6. The number of rotatable bonds is 8. The van der Waals surface area contributed by atoms with E-state index >= 15 is 0 Å². The third kappa shape index (κ3) is 6.04. The van der Waals surface area contributed by atoms with Gasteiger partial charge in [0.05, 0.1) is 6.04 Å². The minimum absolute atomic E-state index is 0.0361. The van der Waals surface area contributed by atoms with Crippen molar-refractivity contribution in [3.63, 3.8) is 0 Å². The molecule has 0 radical (unpaired) electrons. The molecule has 7 aliphatic rings. The van der Waals surface area contributed by atoms with Crippen molar-refractivity contribution < 1.29 is 19.1 Å². The fourth-order valence-electron chi connectivity index (χ4n) is 13.9. The fourth-order valence-corrected chi connectivity index (χ4v) is 13.9. The van der Waals surface area contributed by atoms with Crippen molar-refractivity contribution in [1.82, 2.24) is 4.90 Å². The van der Waals surface area contributed by atoms with Crippen molar-refractivity contribution in [3.8, 4) is 11.1 Å². The van der Waals surface area contributed by atoms with Crippen LogP contribution in [0.3, 0.4) is 0 Å². The van der Waals surface area contributed by atoms with Gasteiger partial charge in [-0.05, 0) is 155 Å². The van der Waals surface area contributed by atoms with Crippen LogP contribution < -0.4 is 4.90 Å². The summed E-state index contributed by atoms with van der Waals surface area (Å²) in [5, 5.41) is 8.88. The molecular weight excluding hydrogens is 873 g/mol. The van der Waals surface area contributed by atoms with Crippen LogP contribution in [0.5, 0.6) is 0 Å². The van der Waals surface area contributed by atoms with Gasteiger partial charge < -0.3 is 14.4 Å². The predicted octanol–water partition coefficient (Wildman–Crippen LogP) is 14.8. The maximum atomic E-state index is 14.3. The minimum atomic E-state index is -0.515. The molecule has 6 heteroatoms. The molecule has 0 bridgehead atoms. The monoisotopic (exact) mass is 928 g/mol. The largest absolute Gasteiger partial charge is 0.460 e. The molecule has 2 aliphatic heterocycles. The van der Waals surface area contributed by atoms with Crippen LogP contribution in [0.2, 0.25) is 0 Å². The van der Waals surface area contributed by atoms with Gasteiger partial charge in [0.25, 0.3) is 5.91 Å². The van der Waals surface area contributed by atoms with Crippen molar-refractivity contribution in [3.05, 3.63) is 202 Å². The Kier molecular flexibility index (Phi) is 9.07. The van der Waals surface area contributed by atoms with Crippen LogP contribution in [0.25, 0.3) is 59.8 Å². The zero-order chi connectivity index (χ0) is 48.2. The number of allylic oxidation sites excluding steroid dienone is 10. The van der Waals surface area contributed by atoms with Crippen LogP contribution in [0.15, 0.2) is 180 Å². The summed E-state index contributed by atoms with van der Waals surface area (Å²) in [6.07, 6.45) is 17.4. The molecule has 1 saturated heterocycles. The van der Waals surface area contributed by atoms with Gasteiger partial charge in [-0.3, -0.25) is 14.5 Å². The molecule has 4 unspecified atom stereocenters. The highest BCUT2D eigenvalue weighted by Crippen LogP contribution is 2.57. The second-order valence-electron chi connectivity index (χ2n) is 22.0. The maximum Gasteiger partial charge on any atom is 0.326 e. The molecule has 14 rings (SSSR count). The number of carbonyl (C=O) groups is 2. The number of nitrogens with zero attached hydrogens (tertiary/aromatic N) is 2. The second-order valence-corrected chi connectivity index (χ2v) is 22.0. The smallest absolute Gasteiger partial charge is 0.326 e. The van der Waals surface area contributed by atoms with Gasteiger partial charge in [0.1, 0.15) is 19.3 Å². The van der Waals surface area contributed by atoms with Crippen LogP contribution in [0.4, 0.5) is 5.69 Å². The zero-order valence-corrected chi connectivity index (χ0v) is 41.1. The molecule has 0 saturated carbocycles. The first-order valence-corrected chi connectivity index (χ1v) is 25.6. The average molecular weight is 929 g/mol. The Morgan fingerprint density at radius 2 is 1.54 bits per heavy atom. The first kappa shape index (κ1) is 42.6. The number of amides is 1. The number of epoxide rings is 1. The van der Waals surface area contributed by atoms with E-state index in [1.807, 2.05) is 6.07 Å². The maximum absolute atomic E-state index is 14.3. The van der Waals surface area contributed by atoms with E-state index in [2.05, 4.69) is 174 Å². The van der Waals surface area contributed by atoms with Crippen LogP contribution in [0.1, 0.15) is 93.5 Å². The molecule has 1 fully saturated rings. The Balaban J connectivity index is 0.867. The molecule has 6 nitrogen and oxygen atoms in total. The number of hydrogen-bond donors (Lipinski definition) is 0. The molecule has 0 N–H and O–H groups in total. The molecule has 0 spiro atoms. The summed E-state index contributed by atoms with van der Waals surface area (Å²) in [4.78, 5) is 31.3. The van der Waals surface area contributed by atoms with E-state index in [-0.39, 0.29) is 42.0 Å². The quantitative estimate of drug-likeness (QED) is 0.0499. The first-order valence-electron chi connectivity index (χ1n) is 25.6. The van der Waals surface area contributed by atoms with Crippen molar-refractivity contribution in [1.29, 1.82) is 0 Å². The number of anilines is 1. The molecular formula is C65H56N2O4. The summed E-state index contributed by atoms with van der Waals surface area (Å²) in [7, 11) is 0. The van der Waals surface area contributed by atoms with Crippen molar-refractivity contribution in [2.24, 2.45) is 11.3 Å². The lowest BCUT2D eigenvalue weighted by molar-refractivity contribution is -0.143. The van der Waals surface area contributed by atoms with Crippen LogP contribution in [-0.4, -0.2) is 42.2 Å². The van der Waals surface area contributed by atoms with Crippen LogP contribution >= 0.6 is 0 Å². The van der Waals surface area contributed by atoms with Gasteiger partial charge in [-0.25, -0.2) is 0 Å². The molecule has 7 aromatic rings. The van der Waals surface area contributed by atoms with E-state index < -0.39 is 12.2 Å². The second kappa shape index (κ2) is 15.1. The highest BCUT2D eigenvalue weighted by molar-refractivity contribution is 6.36. The molecule has 5 aliphatic carbocycles. The average Bonchev–Trinajstić information content (AvgIpc) is 4.11. The van der Waals surface area contributed by atoms with Crippen LogP contribution in [-0.2, 0) is 19.7 Å². The molecule has 71 heavy (non-hydrogen) atoms. The molecule has 4 atom stereocenters. The normalized spacial score (nSPS) is 23.3. The van der Waals surface area contributed by atoms with E-state index in [1.54, 1.807) is 11.1 Å². The van der Waals surface area contributed by atoms with Crippen molar-refractivity contribution in [2.45, 2.75) is 84.1 Å². The summed E-state index contributed by atoms with van der Waals surface area (Å²) < 4.78 is 11.4. The number of ether oxygens (including phenoxy) is 2. The lowest BCUT2D eigenvalue weighted by Crippen LogP contribution is -2.38. The third-order valence-electron chi connectivity index (χ3n) is 17.3. The number of hydrogen-bond acceptors (Lipinski definition) is 5. The van der Waals surface area contributed by atoms with Crippen molar-refractivity contribution in [2.75, 3.05) is 18.1 Å². The van der Waals surface area contributed by atoms with Gasteiger partial charge in [0.15, 0.2) is 6.23 Å². The standard InChI is InChI=1S/C65H56N2O4/c1-7-31-70-57(68)35-66-62(69)51-29-27-48-46-13-10-12-45-41(24-25-47(58(45)46)49-26-28-50(60(51)59(48)49)61-63(66)71-61)37-16-18-38(19-17-37)67(39-20-22-43-42-11-8-9-14-53(42)64(3,4)55(43)33-39)40-21-23-44-52-32-36(2)15-30-54(52)65(5,6)56(44)34-40/h7-19,22,24-30,33-34,36,39,61,63H,1,20-21,23,31-32,35H2,2-6H3. The third-order valence-corrected chi connectivity index (χ3v) is 17.3. The summed E-state index contributed by atoms with van der Waals surface area (Å²) in [5.41, 5.74) is 18.3. The fraction of sp³-hybridized carbons (Fsp3) is 0.262. The molecule has 7 aromatic carbocycles. The minimum Gasteiger partial charge on any atom is -0.460 e. The van der Waals surface area contributed by atoms with Gasteiger partial charge in [-0.1, -0.05) is 157 Å². The van der Waals surface area contributed by atoms with Crippen molar-refractivity contribution >= 4 is 66.2 Å². The first-order chi connectivity index (χ1) is 34.4. The molecule has 1 amide bonds. The Morgan fingerprint density at radius 1 is 0.789 bits per heavy atom. The Labute approximate surface area is 414 Å². The number of esters is 1. The lowest BCUT2D eigenvalue weighted by Gasteiger charge is -2.39. The number of benzene rings is 7. The molecule has 350 valence electrons. The number of fused-ring (bicyclic) bond motifs is 8. The van der Waals surface area contributed by atoms with Gasteiger partial charge in [0, 0.05) is 33.2 Å². The Bertz CT molecular complexity index is 3740. The molecule has 2 heterocycles. The van der Waals surface area contributed by atoms with Crippen LogP contribution in [0, 0.1) is 11.3 Å². The number of carbonyl (C=O) groups excluding carboxylic acids is 2. The van der Waals surface area contributed by atoms with E-state index in [1.165, 1.54) is 77.7 Å². The Hall–Kier alpha value is -7.28. The van der Waals surface area contributed by atoms with Gasteiger partial charge >= 0.3 is 5.97 Å². The lowest BCUT2D eigenvalue weighted by atomic mass is 9.77. The SMILES string of the molecule is C=CCOC(=O)CN1C(=O)c2ccc3c4cccc5c(-c6ccc(N(C7=CC8=C(CC7)C7=C(C=CC(C)C7)C8(C)C)C7C=C8C(=CC7)c7ccccc7C8(C)C)cc6)ccc(c6ccc(c2c36)C2OC21)c54. The van der Waals surface area contributed by atoms with E-state index in [0.29, 0.717) is 11.5 Å². The van der Waals surface area contributed by atoms with E-state index in [0.717, 1.165) is 63.6 Å². The Morgan fingerprint density at radius 3 is 2.35 bits per heavy atom. The van der Waals surface area contributed by atoms with Gasteiger partial charge in [0.2, 0.25) is 0 Å². The van der Waals surface area contributed by atoms with Gasteiger partial charge in [-0.2, -0.15) is 0 Å². The highest BCUT2D eigenvalue weighted by Gasteiger charge is 2.51. The van der Waals surface area contributed by atoms with Gasteiger partial charge in [-0.15, -0.1) is 0 Å². The molecule has 0 aromatic heterocycles. The summed E-state index contributed by atoms with van der Waals surface area (Å²) >= 11 is 0. The summed E-state index contributed by atoms with van der Waals surface area (Å²) in [6, 6.07) is 38.1.